The van der Waals surface area contributed by atoms with Gasteiger partial charge >= 0.3 is 33.6 Å². The molecule has 5 unspecified atom stereocenters. The third-order valence-electron chi connectivity index (χ3n) is 18.0. The van der Waals surface area contributed by atoms with E-state index in [0.717, 1.165) is 167 Å². The Kier molecular flexibility index (Phi) is 79.4. The molecule has 18 heteroatoms. The maximum Gasteiger partial charge on any atom is 0.472 e. The molecule has 626 valence electrons. The van der Waals surface area contributed by atoms with Crippen LogP contribution >= 0.6 is 15.6 Å². The minimum absolute atomic E-state index is 0.0814. The minimum Gasteiger partial charge on any atom is -0.463 e. The van der Waals surface area contributed by atoms with Crippen molar-refractivity contribution in [1.82, 2.24) is 0 Å². The molecule has 0 saturated heterocycles. The fraction of sp³-hybridized carbons (Fsp3) is 0.703. The molecule has 0 aromatic rings. The molecule has 109 heavy (non-hydrogen) atoms. The van der Waals surface area contributed by atoms with E-state index in [1.807, 2.05) is 0 Å². The highest BCUT2D eigenvalue weighted by molar-refractivity contribution is 7.47. The number of aliphatic hydroxyl groups excluding tert-OH is 2. The highest BCUT2D eigenvalue weighted by Crippen LogP contribution is 2.45. The number of carbonyl (C=O) groups excluding carboxylic acids is 3. The first-order valence-corrected chi connectivity index (χ1v) is 46.1. The molecule has 0 saturated carbocycles. The Balaban J connectivity index is 4.47. The third-order valence-corrected chi connectivity index (χ3v) is 19.9. The fourth-order valence-corrected chi connectivity index (χ4v) is 13.1. The van der Waals surface area contributed by atoms with E-state index < -0.39 is 91.5 Å². The van der Waals surface area contributed by atoms with Gasteiger partial charge in [-0.15, -0.1) is 0 Å². The van der Waals surface area contributed by atoms with Gasteiger partial charge in [0.15, 0.2) is 6.10 Å². The van der Waals surface area contributed by atoms with Gasteiger partial charge in [0.2, 0.25) is 0 Å². The van der Waals surface area contributed by atoms with Crippen LogP contribution in [0.5, 0.6) is 0 Å². The molecule has 0 aliphatic rings. The molecule has 0 spiro atoms. The Labute approximate surface area is 664 Å². The molecule has 4 N–H and O–H groups in total. The molecular formula is C91H156O16P2. The van der Waals surface area contributed by atoms with E-state index in [1.54, 1.807) is 0 Å². The Morgan fingerprint density at radius 1 is 0.266 bits per heavy atom. The predicted octanol–water partition coefficient (Wildman–Crippen LogP) is 26.0. The number of phosphoric acid groups is 2. The molecule has 0 aliphatic carbocycles. The van der Waals surface area contributed by atoms with E-state index in [9.17, 15) is 43.5 Å². The number of carbonyl (C=O) groups is 3. The number of phosphoric ester groups is 2. The standard InChI is InChI=1S/C91H156O16P2/c1-4-7-10-13-16-19-22-25-28-31-34-35-36-37-38-39-40-41-42-43-44-45-46-47-48-49-52-54-56-59-62-65-68-71-74-77-89(94)101-80-86(92)81-103-108(97,98)104-82-87(93)83-105-109(99,100)106-85-88(107-91(96)79-76-73-70-67-64-61-58-55-51-33-30-27-24-21-18-15-12-9-6-3)84-102-90(95)78-75-72-69-66-63-60-57-53-50-32-29-26-23-20-17-14-11-8-5-2/h8-9,11-12,16-21,25-30,34-35,37-38,50-51,53,55,86-88,92-93H,4-7,10,13-15,22-24,31-33,36,39-49,52,54,56-85H2,1-3H3,(H,97,98)(H,99,100)/b11-8-,12-9-,19-16-,20-17-,21-18-,28-25-,29-26-,30-27-,35-34-,38-37-,53-50-,55-51-. The number of allylic oxidation sites excluding steroid dienone is 24. The van der Waals surface area contributed by atoms with Crippen molar-refractivity contribution in [2.75, 3.05) is 39.6 Å². The normalized spacial score (nSPS) is 14.6. The Morgan fingerprint density at radius 3 is 0.771 bits per heavy atom. The summed E-state index contributed by atoms with van der Waals surface area (Å²) in [5, 5.41) is 20.7. The van der Waals surface area contributed by atoms with Crippen molar-refractivity contribution >= 4 is 33.6 Å². The van der Waals surface area contributed by atoms with Crippen molar-refractivity contribution in [2.45, 2.75) is 373 Å². The van der Waals surface area contributed by atoms with Crippen molar-refractivity contribution in [3.8, 4) is 0 Å². The van der Waals surface area contributed by atoms with Crippen molar-refractivity contribution in [3.63, 3.8) is 0 Å². The summed E-state index contributed by atoms with van der Waals surface area (Å²) in [5.41, 5.74) is 0. The lowest BCUT2D eigenvalue weighted by Gasteiger charge is -2.21. The summed E-state index contributed by atoms with van der Waals surface area (Å²) in [7, 11) is -9.81. The van der Waals surface area contributed by atoms with Gasteiger partial charge < -0.3 is 34.2 Å². The highest BCUT2D eigenvalue weighted by Gasteiger charge is 2.29. The molecule has 0 amide bonds. The molecule has 16 nitrogen and oxygen atoms in total. The van der Waals surface area contributed by atoms with Crippen LogP contribution in [0.25, 0.3) is 0 Å². The molecule has 0 bridgehead atoms. The smallest absolute Gasteiger partial charge is 0.463 e. The van der Waals surface area contributed by atoms with Gasteiger partial charge in [0.25, 0.3) is 0 Å². The van der Waals surface area contributed by atoms with E-state index in [4.69, 9.17) is 32.3 Å². The summed E-state index contributed by atoms with van der Waals surface area (Å²) in [5.74, 6) is -1.60. The third kappa shape index (κ3) is 84.2. The van der Waals surface area contributed by atoms with Crippen LogP contribution in [-0.2, 0) is 55.8 Å². The van der Waals surface area contributed by atoms with Crippen molar-refractivity contribution in [1.29, 1.82) is 0 Å². The zero-order valence-electron chi connectivity index (χ0n) is 68.7. The zero-order chi connectivity index (χ0) is 79.4. The fourth-order valence-electron chi connectivity index (χ4n) is 11.5. The zero-order valence-corrected chi connectivity index (χ0v) is 70.5. The number of hydrogen-bond acceptors (Lipinski definition) is 14. The Morgan fingerprint density at radius 2 is 0.486 bits per heavy atom. The molecule has 0 aromatic carbocycles. The van der Waals surface area contributed by atoms with Gasteiger partial charge in [-0.2, -0.15) is 0 Å². The SMILES string of the molecule is CC/C=C\C/C=C\C/C=C\C/C=C\CCCCCCCCC(=O)OCC(COP(=O)(O)OCC(O)COP(=O)(O)OCC(O)COC(=O)CCCCCCCCCCCCCCCCCCCCC/C=C\C/C=C\C/C=C\C/C=C\CCCCC)OC(=O)CCCCCCCC/C=C\C/C=C\C/C=C\C/C=C\CC. The number of ether oxygens (including phenoxy) is 3. The van der Waals surface area contributed by atoms with Crippen LogP contribution in [0.1, 0.15) is 355 Å². The van der Waals surface area contributed by atoms with E-state index in [1.165, 1.54) is 128 Å². The van der Waals surface area contributed by atoms with Gasteiger partial charge in [-0.3, -0.25) is 32.5 Å². The monoisotopic (exact) mass is 1570 g/mol. The first kappa shape index (κ1) is 104. The van der Waals surface area contributed by atoms with Gasteiger partial charge in [0, 0.05) is 19.3 Å². The quantitative estimate of drug-likeness (QED) is 0.0146. The molecule has 5 atom stereocenters. The molecular weight excluding hydrogens is 1410 g/mol. The summed E-state index contributed by atoms with van der Waals surface area (Å²) in [6.07, 6.45) is 103. The molecule has 0 aliphatic heterocycles. The maximum atomic E-state index is 13.0. The number of rotatable bonds is 81. The largest absolute Gasteiger partial charge is 0.472 e. The predicted molar refractivity (Wildman–Crippen MR) is 454 cm³/mol. The van der Waals surface area contributed by atoms with Crippen molar-refractivity contribution in [3.05, 3.63) is 146 Å². The minimum atomic E-state index is -4.94. The van der Waals surface area contributed by atoms with E-state index in [0.29, 0.717) is 19.3 Å². The van der Waals surface area contributed by atoms with Gasteiger partial charge in [0.1, 0.15) is 25.4 Å². The second-order valence-electron chi connectivity index (χ2n) is 28.6. The lowest BCUT2D eigenvalue weighted by Crippen LogP contribution is -2.30. The van der Waals surface area contributed by atoms with E-state index in [-0.39, 0.29) is 19.3 Å². The first-order valence-electron chi connectivity index (χ1n) is 43.1. The average Bonchev–Trinajstić information content (AvgIpc) is 0.903. The van der Waals surface area contributed by atoms with Crippen LogP contribution < -0.4 is 0 Å². The Bertz CT molecular complexity index is 2560. The van der Waals surface area contributed by atoms with E-state index >= 15 is 0 Å². The number of esters is 3. The maximum absolute atomic E-state index is 13.0. The highest BCUT2D eigenvalue weighted by atomic mass is 31.2. The average molecular weight is 1570 g/mol. The topological polar surface area (TPSA) is 231 Å². The molecule has 0 aromatic heterocycles. The van der Waals surface area contributed by atoms with Crippen molar-refractivity contribution < 1.29 is 75.8 Å². The summed E-state index contributed by atoms with van der Waals surface area (Å²) >= 11 is 0. The van der Waals surface area contributed by atoms with Crippen LogP contribution in [0.3, 0.4) is 0 Å². The Hall–Kier alpha value is -4.57. The van der Waals surface area contributed by atoms with Crippen LogP contribution in [-0.4, -0.2) is 95.9 Å². The number of aliphatic hydroxyl groups is 2. The summed E-state index contributed by atoms with van der Waals surface area (Å²) in [4.78, 5) is 58.8. The number of unbranched alkanes of at least 4 members (excludes halogenated alkanes) is 34. The van der Waals surface area contributed by atoms with Crippen LogP contribution in [0.2, 0.25) is 0 Å². The van der Waals surface area contributed by atoms with Gasteiger partial charge in [-0.05, 0) is 141 Å². The molecule has 0 heterocycles. The van der Waals surface area contributed by atoms with Crippen LogP contribution in [0.4, 0.5) is 0 Å². The summed E-state index contributed by atoms with van der Waals surface area (Å²) < 4.78 is 61.3. The first-order chi connectivity index (χ1) is 53.2. The van der Waals surface area contributed by atoms with Gasteiger partial charge in [0.05, 0.1) is 26.4 Å². The van der Waals surface area contributed by atoms with Crippen LogP contribution in [0.15, 0.2) is 146 Å². The van der Waals surface area contributed by atoms with Gasteiger partial charge in [-0.1, -0.05) is 340 Å². The van der Waals surface area contributed by atoms with E-state index in [2.05, 4.69) is 167 Å². The number of hydrogen-bond donors (Lipinski definition) is 4. The second-order valence-corrected chi connectivity index (χ2v) is 31.5. The second kappa shape index (κ2) is 82.9. The van der Waals surface area contributed by atoms with Crippen LogP contribution in [0, 0.1) is 0 Å². The lowest BCUT2D eigenvalue weighted by atomic mass is 10.0. The van der Waals surface area contributed by atoms with Gasteiger partial charge in [-0.25, -0.2) is 9.13 Å². The summed E-state index contributed by atoms with van der Waals surface area (Å²) in [6, 6.07) is 0. The molecule has 0 fully saturated rings. The summed E-state index contributed by atoms with van der Waals surface area (Å²) in [6.45, 7) is 2.42. The molecule has 0 rings (SSSR count). The molecule has 0 radical (unpaired) electrons. The lowest BCUT2D eigenvalue weighted by molar-refractivity contribution is -0.161. The van der Waals surface area contributed by atoms with Crippen molar-refractivity contribution in [2.24, 2.45) is 0 Å².